The van der Waals surface area contributed by atoms with Crippen LogP contribution in [0.5, 0.6) is 0 Å². The first-order valence-corrected chi connectivity index (χ1v) is 9.95. The Labute approximate surface area is 167 Å². The number of fused-ring (bicyclic) bond motifs is 1. The molecule has 0 fully saturated rings. The largest absolute Gasteiger partial charge is 0.322 e. The average molecular weight is 392 g/mol. The first kappa shape index (κ1) is 18.3. The number of aromatic nitrogens is 4. The molecule has 7 heteroatoms. The van der Waals surface area contributed by atoms with Gasteiger partial charge in [0.05, 0.1) is 0 Å². The van der Waals surface area contributed by atoms with Gasteiger partial charge >= 0.3 is 0 Å². The zero-order valence-electron chi connectivity index (χ0n) is 16.2. The van der Waals surface area contributed by atoms with Crippen molar-refractivity contribution in [3.63, 3.8) is 0 Å². The minimum atomic E-state index is -0.111. The molecule has 0 saturated carbocycles. The fourth-order valence-corrected chi connectivity index (χ4v) is 3.86. The number of rotatable bonds is 4. The van der Waals surface area contributed by atoms with E-state index in [4.69, 9.17) is 0 Å². The molecule has 2 aromatic heterocycles. The molecular weight excluding hydrogens is 370 g/mol. The number of benzene rings is 2. The van der Waals surface area contributed by atoms with Gasteiger partial charge < -0.3 is 5.32 Å². The number of nitrogens with zero attached hydrogens (tertiary/aromatic N) is 4. The molecule has 0 aliphatic carbocycles. The number of carbonyl (C=O) groups excluding carboxylic acids is 1. The van der Waals surface area contributed by atoms with E-state index in [0.29, 0.717) is 11.5 Å². The van der Waals surface area contributed by atoms with E-state index in [1.54, 1.807) is 4.52 Å². The van der Waals surface area contributed by atoms with Crippen LogP contribution in [0.2, 0.25) is 0 Å². The second-order valence-electron chi connectivity index (χ2n) is 7.11. The van der Waals surface area contributed by atoms with Gasteiger partial charge in [0.15, 0.2) is 5.82 Å². The Balaban J connectivity index is 1.54. The summed E-state index contributed by atoms with van der Waals surface area (Å²) in [5.74, 6) is 1.10. The van der Waals surface area contributed by atoms with Crippen molar-refractivity contribution in [1.29, 1.82) is 0 Å². The predicted molar refractivity (Wildman–Crippen MR) is 112 cm³/mol. The molecule has 1 N–H and O–H groups in total. The molecule has 0 bridgehead atoms. The van der Waals surface area contributed by atoms with Gasteiger partial charge in [-0.25, -0.2) is 0 Å². The molecule has 0 unspecified atom stereocenters. The third kappa shape index (κ3) is 3.41. The molecule has 0 atom stereocenters. The molecule has 4 rings (SSSR count). The van der Waals surface area contributed by atoms with Gasteiger partial charge in [0.1, 0.15) is 5.01 Å². The van der Waals surface area contributed by atoms with E-state index in [1.165, 1.54) is 16.9 Å². The molecule has 2 heterocycles. The highest BCUT2D eigenvalue weighted by Crippen LogP contribution is 2.29. The van der Waals surface area contributed by atoms with Crippen LogP contribution in [0.15, 0.2) is 42.5 Å². The molecule has 2 aromatic carbocycles. The van der Waals surface area contributed by atoms with E-state index in [0.717, 1.165) is 32.6 Å². The summed E-state index contributed by atoms with van der Waals surface area (Å²) in [5, 5.41) is 16.6. The van der Waals surface area contributed by atoms with Crippen molar-refractivity contribution >= 4 is 27.9 Å². The van der Waals surface area contributed by atoms with Crippen LogP contribution in [0, 0.1) is 13.8 Å². The van der Waals surface area contributed by atoms with Crippen molar-refractivity contribution in [3.8, 4) is 10.6 Å². The molecule has 4 aromatic rings. The molecule has 28 heavy (non-hydrogen) atoms. The number of aryl methyl sites for hydroxylation is 2. The Bertz CT molecular complexity index is 1160. The lowest BCUT2D eigenvalue weighted by molar-refractivity contribution is 0.102. The number of hydrogen-bond acceptors (Lipinski definition) is 5. The van der Waals surface area contributed by atoms with Crippen LogP contribution < -0.4 is 5.32 Å². The molecule has 0 aliphatic heterocycles. The first-order chi connectivity index (χ1) is 13.4. The Morgan fingerprint density at radius 2 is 1.82 bits per heavy atom. The van der Waals surface area contributed by atoms with Crippen molar-refractivity contribution in [3.05, 3.63) is 65.0 Å². The normalized spacial score (nSPS) is 11.3. The van der Waals surface area contributed by atoms with Crippen LogP contribution in [0.4, 0.5) is 5.69 Å². The summed E-state index contributed by atoms with van der Waals surface area (Å²) in [6, 6.07) is 13.7. The fraction of sp³-hybridized carbons (Fsp3) is 0.238. The molecular formula is C21H21N5OS. The lowest BCUT2D eigenvalue weighted by Crippen LogP contribution is -2.12. The molecule has 0 aliphatic rings. The Hall–Kier alpha value is -3.06. The Morgan fingerprint density at radius 3 is 2.46 bits per heavy atom. The second kappa shape index (κ2) is 7.16. The Kier molecular flexibility index (Phi) is 4.68. The zero-order chi connectivity index (χ0) is 19.8. The van der Waals surface area contributed by atoms with Gasteiger partial charge in [-0.05, 0) is 61.2 Å². The zero-order valence-corrected chi connectivity index (χ0v) is 17.0. The van der Waals surface area contributed by atoms with E-state index < -0.39 is 0 Å². The third-order valence-electron chi connectivity index (χ3n) is 4.71. The van der Waals surface area contributed by atoms with Gasteiger partial charge in [-0.2, -0.15) is 9.61 Å². The first-order valence-electron chi connectivity index (χ1n) is 9.13. The summed E-state index contributed by atoms with van der Waals surface area (Å²) in [7, 11) is 0. The molecule has 1 amide bonds. The Morgan fingerprint density at radius 1 is 1.07 bits per heavy atom. The van der Waals surface area contributed by atoms with E-state index in [9.17, 15) is 4.79 Å². The highest BCUT2D eigenvalue weighted by molar-refractivity contribution is 7.19. The summed E-state index contributed by atoms with van der Waals surface area (Å²) in [4.78, 5) is 13.4. The summed E-state index contributed by atoms with van der Waals surface area (Å²) >= 11 is 1.49. The monoisotopic (exact) mass is 391 g/mol. The van der Waals surface area contributed by atoms with E-state index in [-0.39, 0.29) is 5.91 Å². The minimum absolute atomic E-state index is 0.111. The smallest absolute Gasteiger partial charge is 0.255 e. The van der Waals surface area contributed by atoms with E-state index in [1.807, 2.05) is 56.3 Å². The van der Waals surface area contributed by atoms with Crippen LogP contribution in [0.3, 0.4) is 0 Å². The lowest BCUT2D eigenvalue weighted by Gasteiger charge is -2.11. The quantitative estimate of drug-likeness (QED) is 0.540. The molecule has 0 spiro atoms. The number of nitrogens with one attached hydrogen (secondary N) is 1. The van der Waals surface area contributed by atoms with Crippen LogP contribution in [0.1, 0.15) is 47.1 Å². The number of amides is 1. The van der Waals surface area contributed by atoms with Crippen molar-refractivity contribution < 1.29 is 4.79 Å². The SMILES string of the molecule is Cc1cc(-c2nn3c(C)nnc3s2)ccc1NC(=O)c1ccc(C(C)C)cc1. The van der Waals surface area contributed by atoms with Crippen molar-refractivity contribution in [2.24, 2.45) is 0 Å². The summed E-state index contributed by atoms with van der Waals surface area (Å²) in [6.45, 7) is 8.13. The summed E-state index contributed by atoms with van der Waals surface area (Å²) < 4.78 is 1.74. The van der Waals surface area contributed by atoms with Gasteiger partial charge in [0.25, 0.3) is 5.91 Å². The van der Waals surface area contributed by atoms with Crippen LogP contribution >= 0.6 is 11.3 Å². The maximum absolute atomic E-state index is 12.6. The molecule has 142 valence electrons. The van der Waals surface area contributed by atoms with Crippen molar-refractivity contribution in [2.45, 2.75) is 33.6 Å². The standard InChI is InChI=1S/C21H21N5OS/c1-12(2)15-5-7-16(8-6-15)19(27)22-18-10-9-17(11-13(18)3)20-25-26-14(4)23-24-21(26)28-20/h5-12H,1-4H3,(H,22,27). The summed E-state index contributed by atoms with van der Waals surface area (Å²) in [5.41, 5.74) is 4.63. The van der Waals surface area contributed by atoms with Crippen LogP contribution in [-0.4, -0.2) is 25.7 Å². The highest BCUT2D eigenvalue weighted by Gasteiger charge is 2.13. The predicted octanol–water partition coefficient (Wildman–Crippen LogP) is 4.85. The van der Waals surface area contributed by atoms with Gasteiger partial charge in [0, 0.05) is 16.8 Å². The number of carbonyl (C=O) groups is 1. The second-order valence-corrected chi connectivity index (χ2v) is 8.07. The topological polar surface area (TPSA) is 72.2 Å². The van der Waals surface area contributed by atoms with Crippen molar-refractivity contribution in [2.75, 3.05) is 5.32 Å². The average Bonchev–Trinajstić information content (AvgIpc) is 3.25. The minimum Gasteiger partial charge on any atom is -0.322 e. The van der Waals surface area contributed by atoms with Gasteiger partial charge in [0.2, 0.25) is 4.96 Å². The van der Waals surface area contributed by atoms with Crippen molar-refractivity contribution in [1.82, 2.24) is 19.8 Å². The van der Waals surface area contributed by atoms with Gasteiger partial charge in [-0.1, -0.05) is 37.3 Å². The molecule has 6 nitrogen and oxygen atoms in total. The summed E-state index contributed by atoms with van der Waals surface area (Å²) in [6.07, 6.45) is 0. The van der Waals surface area contributed by atoms with E-state index >= 15 is 0 Å². The van der Waals surface area contributed by atoms with Gasteiger partial charge in [-0.3, -0.25) is 4.79 Å². The van der Waals surface area contributed by atoms with Crippen LogP contribution in [-0.2, 0) is 0 Å². The highest BCUT2D eigenvalue weighted by atomic mass is 32.1. The number of anilines is 1. The number of hydrogen-bond donors (Lipinski definition) is 1. The van der Waals surface area contributed by atoms with E-state index in [2.05, 4.69) is 34.5 Å². The maximum atomic E-state index is 12.6. The van der Waals surface area contributed by atoms with Gasteiger partial charge in [-0.15, -0.1) is 10.2 Å². The lowest BCUT2D eigenvalue weighted by atomic mass is 10.0. The maximum Gasteiger partial charge on any atom is 0.255 e. The fourth-order valence-electron chi connectivity index (χ4n) is 2.98. The third-order valence-corrected chi connectivity index (χ3v) is 5.66. The molecule has 0 radical (unpaired) electrons. The molecule has 0 saturated heterocycles. The van der Waals surface area contributed by atoms with Crippen LogP contribution in [0.25, 0.3) is 15.5 Å².